The first kappa shape index (κ1) is 21.3. The number of ether oxygens (including phenoxy) is 2. The van der Waals surface area contributed by atoms with Crippen molar-refractivity contribution in [2.45, 2.75) is 19.5 Å². The molecule has 0 radical (unpaired) electrons. The van der Waals surface area contributed by atoms with Crippen LogP contribution in [-0.2, 0) is 6.18 Å². The highest BCUT2D eigenvalue weighted by molar-refractivity contribution is 5.69. The van der Waals surface area contributed by atoms with Crippen LogP contribution in [0.5, 0.6) is 17.4 Å². The molecule has 0 amide bonds. The van der Waals surface area contributed by atoms with Crippen molar-refractivity contribution in [3.8, 4) is 34.2 Å². The summed E-state index contributed by atoms with van der Waals surface area (Å²) in [5, 5.41) is 14.0. The minimum absolute atomic E-state index is 0.0646. The topological polar surface area (TPSA) is 56.5 Å². The van der Waals surface area contributed by atoms with E-state index in [1.54, 1.807) is 6.92 Å². The Morgan fingerprint density at radius 1 is 1.00 bits per heavy atom. The van der Waals surface area contributed by atoms with Gasteiger partial charge in [0.1, 0.15) is 17.2 Å². The Hall–Kier alpha value is -3.37. The van der Waals surface area contributed by atoms with E-state index < -0.39 is 29.7 Å². The summed E-state index contributed by atoms with van der Waals surface area (Å²) in [6, 6.07) is 7.39. The Balaban J connectivity index is 2.00. The summed E-state index contributed by atoms with van der Waals surface area (Å²) in [6.45, 7) is 1.83. The third-order valence-corrected chi connectivity index (χ3v) is 3.93. The van der Waals surface area contributed by atoms with Crippen LogP contribution in [0.4, 0.5) is 26.3 Å². The van der Waals surface area contributed by atoms with Gasteiger partial charge in [-0.1, -0.05) is 12.1 Å². The van der Waals surface area contributed by atoms with E-state index in [2.05, 4.69) is 9.84 Å². The highest BCUT2D eigenvalue weighted by atomic mass is 19.4. The Labute approximate surface area is 166 Å². The minimum atomic E-state index is -4.85. The van der Waals surface area contributed by atoms with Crippen LogP contribution in [0.2, 0.25) is 0 Å². The monoisotopic (exact) mass is 432 g/mol. The second-order valence-corrected chi connectivity index (χ2v) is 6.00. The second-order valence-electron chi connectivity index (χ2n) is 6.00. The van der Waals surface area contributed by atoms with E-state index in [0.717, 1.165) is 35.0 Å². The lowest BCUT2D eigenvalue weighted by Gasteiger charge is -2.13. The molecule has 0 spiro atoms. The third kappa shape index (κ3) is 4.78. The van der Waals surface area contributed by atoms with E-state index in [-0.39, 0.29) is 29.2 Å². The van der Waals surface area contributed by atoms with Crippen LogP contribution >= 0.6 is 0 Å². The molecule has 11 heteroatoms. The number of rotatable bonds is 5. The van der Waals surface area contributed by atoms with Gasteiger partial charge in [0.2, 0.25) is 5.88 Å². The molecule has 0 atom stereocenters. The molecule has 1 N–H and O–H groups in total. The van der Waals surface area contributed by atoms with E-state index in [4.69, 9.17) is 4.74 Å². The van der Waals surface area contributed by atoms with Crippen molar-refractivity contribution in [2.24, 2.45) is 0 Å². The van der Waals surface area contributed by atoms with Crippen molar-refractivity contribution < 1.29 is 40.9 Å². The molecule has 3 aromatic rings. The molecule has 0 aliphatic carbocycles. The average molecular weight is 432 g/mol. The molecular formula is C19H14F6N2O3. The highest BCUT2D eigenvalue weighted by Crippen LogP contribution is 2.36. The molecule has 0 bridgehead atoms. The molecule has 0 aliphatic rings. The van der Waals surface area contributed by atoms with Crippen molar-refractivity contribution in [3.63, 3.8) is 0 Å². The number of aromatic nitrogens is 2. The van der Waals surface area contributed by atoms with Crippen molar-refractivity contribution in [2.75, 3.05) is 6.61 Å². The standard InChI is InChI=1S/C19H14F6N2O3/c1-2-29-16-8-5-12(18(20,21)22)9-15(16)27-10-14(17(28)26-27)11-3-6-13(7-4-11)30-19(23,24)25/h3-10H,2H2,1H3,(H,26,28). The zero-order valence-electron chi connectivity index (χ0n) is 15.3. The summed E-state index contributed by atoms with van der Waals surface area (Å²) in [4.78, 5) is 0. The zero-order valence-corrected chi connectivity index (χ0v) is 15.3. The van der Waals surface area contributed by atoms with E-state index in [0.29, 0.717) is 0 Å². The lowest BCUT2D eigenvalue weighted by Crippen LogP contribution is -2.16. The maximum absolute atomic E-state index is 13.1. The van der Waals surface area contributed by atoms with Crippen LogP contribution in [-0.4, -0.2) is 27.9 Å². The molecule has 160 valence electrons. The summed E-state index contributed by atoms with van der Waals surface area (Å²) < 4.78 is 86.2. The first-order valence-electron chi connectivity index (χ1n) is 8.47. The van der Waals surface area contributed by atoms with Gasteiger partial charge in [-0.3, -0.25) is 0 Å². The molecule has 5 nitrogen and oxygen atoms in total. The largest absolute Gasteiger partial charge is 0.573 e. The molecule has 0 saturated heterocycles. The summed E-state index contributed by atoms with van der Waals surface area (Å²) in [6.07, 6.45) is -8.22. The predicted octanol–water partition coefficient (Wildman–Crippen LogP) is 5.56. The summed E-state index contributed by atoms with van der Waals surface area (Å²) in [5.41, 5.74) is -0.636. The quantitative estimate of drug-likeness (QED) is 0.537. The molecule has 0 saturated carbocycles. The molecule has 30 heavy (non-hydrogen) atoms. The van der Waals surface area contributed by atoms with Crippen LogP contribution in [0, 0.1) is 0 Å². The number of alkyl halides is 6. The summed E-state index contributed by atoms with van der Waals surface area (Å²) in [5.74, 6) is -0.887. The SMILES string of the molecule is CCOc1ccc(C(F)(F)F)cc1-n1cc(-c2ccc(OC(F)(F)F)cc2)c(O)n1. The predicted molar refractivity (Wildman–Crippen MR) is 93.5 cm³/mol. The maximum Gasteiger partial charge on any atom is 0.573 e. The summed E-state index contributed by atoms with van der Waals surface area (Å²) >= 11 is 0. The lowest BCUT2D eigenvalue weighted by molar-refractivity contribution is -0.274. The van der Waals surface area contributed by atoms with Crippen molar-refractivity contribution in [3.05, 3.63) is 54.2 Å². The summed E-state index contributed by atoms with van der Waals surface area (Å²) in [7, 11) is 0. The molecule has 1 heterocycles. The van der Waals surface area contributed by atoms with E-state index in [1.165, 1.54) is 18.3 Å². The van der Waals surface area contributed by atoms with Gasteiger partial charge in [0.05, 0.1) is 17.7 Å². The number of halogens is 6. The molecule has 0 fully saturated rings. The van der Waals surface area contributed by atoms with Crippen LogP contribution in [0.15, 0.2) is 48.7 Å². The number of aromatic hydroxyl groups is 1. The number of hydrogen-bond donors (Lipinski definition) is 1. The highest BCUT2D eigenvalue weighted by Gasteiger charge is 2.32. The molecule has 0 aliphatic heterocycles. The molecule has 0 unspecified atom stereocenters. The lowest BCUT2D eigenvalue weighted by atomic mass is 10.1. The van der Waals surface area contributed by atoms with Gasteiger partial charge in [0, 0.05) is 6.20 Å². The molecule has 3 rings (SSSR count). The second kappa shape index (κ2) is 7.81. The normalized spacial score (nSPS) is 12.1. The Morgan fingerprint density at radius 2 is 1.67 bits per heavy atom. The smallest absolute Gasteiger partial charge is 0.492 e. The van der Waals surface area contributed by atoms with Gasteiger partial charge in [-0.25, -0.2) is 4.68 Å². The molecular weight excluding hydrogens is 418 g/mol. The van der Waals surface area contributed by atoms with Gasteiger partial charge >= 0.3 is 12.5 Å². The van der Waals surface area contributed by atoms with Crippen molar-refractivity contribution in [1.82, 2.24) is 9.78 Å². The third-order valence-electron chi connectivity index (χ3n) is 3.93. The van der Waals surface area contributed by atoms with Crippen molar-refractivity contribution >= 4 is 0 Å². The van der Waals surface area contributed by atoms with Crippen LogP contribution in [0.3, 0.4) is 0 Å². The van der Waals surface area contributed by atoms with Gasteiger partial charge in [0.25, 0.3) is 0 Å². The van der Waals surface area contributed by atoms with E-state index >= 15 is 0 Å². The molecule has 1 aromatic heterocycles. The number of nitrogens with zero attached hydrogens (tertiary/aromatic N) is 2. The Bertz CT molecular complexity index is 1030. The number of hydrogen-bond acceptors (Lipinski definition) is 4. The average Bonchev–Trinajstić information content (AvgIpc) is 3.02. The first-order valence-corrected chi connectivity index (χ1v) is 8.47. The van der Waals surface area contributed by atoms with Gasteiger partial charge in [0.15, 0.2) is 0 Å². The minimum Gasteiger partial charge on any atom is -0.492 e. The van der Waals surface area contributed by atoms with Crippen LogP contribution in [0.1, 0.15) is 12.5 Å². The van der Waals surface area contributed by atoms with Gasteiger partial charge in [-0.05, 0) is 42.8 Å². The van der Waals surface area contributed by atoms with E-state index in [9.17, 15) is 31.4 Å². The van der Waals surface area contributed by atoms with Crippen molar-refractivity contribution in [1.29, 1.82) is 0 Å². The fraction of sp³-hybridized carbons (Fsp3) is 0.211. The van der Waals surface area contributed by atoms with E-state index in [1.807, 2.05) is 0 Å². The number of benzene rings is 2. The van der Waals surface area contributed by atoms with Gasteiger partial charge in [-0.2, -0.15) is 13.2 Å². The van der Waals surface area contributed by atoms with Gasteiger partial charge < -0.3 is 14.6 Å². The van der Waals surface area contributed by atoms with Crippen LogP contribution < -0.4 is 9.47 Å². The van der Waals surface area contributed by atoms with Crippen LogP contribution in [0.25, 0.3) is 16.8 Å². The fourth-order valence-electron chi connectivity index (χ4n) is 2.68. The zero-order chi connectivity index (χ0) is 22.1. The Kier molecular flexibility index (Phi) is 5.55. The Morgan fingerprint density at radius 3 is 2.23 bits per heavy atom. The fourth-order valence-corrected chi connectivity index (χ4v) is 2.68. The molecule has 2 aromatic carbocycles. The maximum atomic E-state index is 13.1. The first-order chi connectivity index (χ1) is 14.0. The van der Waals surface area contributed by atoms with Gasteiger partial charge in [-0.15, -0.1) is 18.3 Å².